The van der Waals surface area contributed by atoms with Gasteiger partial charge in [-0.25, -0.2) is 4.98 Å². The van der Waals surface area contributed by atoms with Crippen molar-refractivity contribution in [1.82, 2.24) is 24.1 Å². The third kappa shape index (κ3) is 7.92. The maximum atomic E-state index is 5.44. The summed E-state index contributed by atoms with van der Waals surface area (Å²) in [7, 11) is 0. The van der Waals surface area contributed by atoms with E-state index in [0.717, 1.165) is 44.4 Å². The average molecular weight is 1360 g/mol. The Morgan fingerprint density at radius 3 is 1.35 bits per heavy atom. The van der Waals surface area contributed by atoms with E-state index in [-0.39, 0.29) is 0 Å². The van der Waals surface area contributed by atoms with Crippen molar-refractivity contribution >= 4 is 98.6 Å². The fourth-order valence-corrected chi connectivity index (χ4v) is 22.1. The second kappa shape index (κ2) is 21.7. The lowest BCUT2D eigenvalue weighted by Crippen LogP contribution is -2.32. The topological polar surface area (TPSA) is 48.5 Å². The van der Waals surface area contributed by atoms with Crippen LogP contribution in [0.3, 0.4) is 0 Å². The summed E-state index contributed by atoms with van der Waals surface area (Å²) in [4.78, 5) is 21.1. The number of thiophene rings is 1. The number of benzene rings is 15. The third-order valence-corrected chi connectivity index (χ3v) is 26.1. The molecule has 103 heavy (non-hydrogen) atoms. The van der Waals surface area contributed by atoms with Crippen molar-refractivity contribution in [3.05, 3.63) is 378 Å². The van der Waals surface area contributed by atoms with Crippen molar-refractivity contribution < 1.29 is 0 Å². The minimum Gasteiger partial charge on any atom is -0.309 e. The average Bonchev–Trinajstić information content (AvgIpc) is 1.54. The molecule has 15 aromatic carbocycles. The zero-order valence-corrected chi connectivity index (χ0v) is 57.7. The van der Waals surface area contributed by atoms with Gasteiger partial charge >= 0.3 is 0 Å². The van der Waals surface area contributed by atoms with Gasteiger partial charge in [0.05, 0.1) is 32.9 Å². The Bertz CT molecular complexity index is 6840. The van der Waals surface area contributed by atoms with Gasteiger partial charge in [-0.2, -0.15) is 9.97 Å². The van der Waals surface area contributed by atoms with Gasteiger partial charge in [0.1, 0.15) is 0 Å². The number of hydrogen-bond acceptors (Lipinski definition) is 6. The van der Waals surface area contributed by atoms with Crippen LogP contribution in [0, 0.1) is 0 Å². The van der Waals surface area contributed by atoms with Gasteiger partial charge in [0.25, 0.3) is 0 Å². The molecule has 2 aliphatic carbocycles. The summed E-state index contributed by atoms with van der Waals surface area (Å²) in [5.74, 6) is 1.79. The number of nitrogens with zero attached hydrogens (tertiary/aromatic N) is 5. The molecule has 2 spiro atoms. The molecule has 0 radical (unpaired) electrons. The highest BCUT2D eigenvalue weighted by Crippen LogP contribution is 2.66. The number of para-hydroxylation sites is 1. The van der Waals surface area contributed by atoms with Gasteiger partial charge < -0.3 is 4.57 Å². The maximum absolute atomic E-state index is 5.44. The van der Waals surface area contributed by atoms with E-state index in [4.69, 9.17) is 15.0 Å². The van der Waals surface area contributed by atoms with Gasteiger partial charge in [-0.1, -0.05) is 290 Å². The molecule has 4 aromatic heterocycles. The highest BCUT2D eigenvalue weighted by molar-refractivity contribution is 8.00. The fraction of sp³-hybridized carbons (Fsp3) is 0.0211. The molecule has 0 bridgehead atoms. The quantitative estimate of drug-likeness (QED) is 0.166. The molecule has 0 amide bonds. The molecule has 1 atom stereocenters. The first-order valence-electron chi connectivity index (χ1n) is 35.1. The Labute approximate surface area is 605 Å². The summed E-state index contributed by atoms with van der Waals surface area (Å²) >= 11 is 5.70. The molecule has 8 heteroatoms. The molecule has 6 heterocycles. The van der Waals surface area contributed by atoms with E-state index in [9.17, 15) is 0 Å². The lowest BCUT2D eigenvalue weighted by atomic mass is 9.67. The Morgan fingerprint density at radius 2 is 0.689 bits per heavy atom. The number of hydrogen-bond donors (Lipinski definition) is 0. The molecule has 19 aromatic rings. The molecule has 478 valence electrons. The van der Waals surface area contributed by atoms with Crippen LogP contribution >= 0.6 is 34.9 Å². The summed E-state index contributed by atoms with van der Waals surface area (Å²) in [5.41, 5.74) is 26.5. The van der Waals surface area contributed by atoms with Gasteiger partial charge in [0.15, 0.2) is 11.6 Å². The fourth-order valence-electron chi connectivity index (χ4n) is 18.3. The maximum Gasteiger partial charge on any atom is 0.238 e. The first-order valence-corrected chi connectivity index (χ1v) is 37.6. The molecule has 0 N–H and O–H groups in total. The second-order valence-electron chi connectivity index (χ2n) is 27.6. The van der Waals surface area contributed by atoms with E-state index in [1.807, 2.05) is 53.1 Å². The normalized spacial score (nSPS) is 14.8. The highest BCUT2D eigenvalue weighted by atomic mass is 32.2. The smallest absolute Gasteiger partial charge is 0.238 e. The van der Waals surface area contributed by atoms with E-state index in [0.29, 0.717) is 17.6 Å². The van der Waals surface area contributed by atoms with Crippen LogP contribution < -0.4 is 0 Å². The van der Waals surface area contributed by atoms with Crippen LogP contribution in [0.2, 0.25) is 0 Å². The Hall–Kier alpha value is -12.2. The summed E-state index contributed by atoms with van der Waals surface area (Å²) in [5, 5.41) is 7.43. The predicted octanol–water partition coefficient (Wildman–Crippen LogP) is 24.8. The molecular formula is C95H55N5S3. The molecule has 5 nitrogen and oxygen atoms in total. The Balaban J connectivity index is 0.727. The first kappa shape index (κ1) is 57.6. The Kier molecular flexibility index (Phi) is 12.1. The van der Waals surface area contributed by atoms with E-state index >= 15 is 0 Å². The first-order chi connectivity index (χ1) is 51.1. The summed E-state index contributed by atoms with van der Waals surface area (Å²) in [6.07, 6.45) is 0. The number of aromatic nitrogens is 5. The van der Waals surface area contributed by atoms with Gasteiger partial charge in [-0.3, -0.25) is 4.57 Å². The molecule has 0 saturated heterocycles. The molecule has 0 saturated carbocycles. The van der Waals surface area contributed by atoms with Crippen molar-refractivity contribution in [2.24, 2.45) is 0 Å². The summed E-state index contributed by atoms with van der Waals surface area (Å²) in [6.45, 7) is 0. The van der Waals surface area contributed by atoms with E-state index < -0.39 is 10.8 Å². The Morgan fingerprint density at radius 1 is 0.252 bits per heavy atom. The van der Waals surface area contributed by atoms with Crippen molar-refractivity contribution in [3.63, 3.8) is 0 Å². The van der Waals surface area contributed by atoms with E-state index in [2.05, 4.69) is 325 Å². The highest BCUT2D eigenvalue weighted by Gasteiger charge is 2.53. The number of rotatable bonds is 6. The monoisotopic (exact) mass is 1360 g/mol. The molecule has 2 aliphatic heterocycles. The third-order valence-electron chi connectivity index (χ3n) is 22.5. The van der Waals surface area contributed by atoms with Crippen molar-refractivity contribution in [1.29, 1.82) is 0 Å². The van der Waals surface area contributed by atoms with Crippen LogP contribution in [-0.4, -0.2) is 24.1 Å². The summed E-state index contributed by atoms with van der Waals surface area (Å²) in [6, 6.07) is 124. The minimum absolute atomic E-state index is 0.524. The molecule has 1 unspecified atom stereocenters. The lowest BCUT2D eigenvalue weighted by molar-refractivity contribution is 0.726. The van der Waals surface area contributed by atoms with Gasteiger partial charge in [-0.05, 0) is 156 Å². The van der Waals surface area contributed by atoms with Crippen molar-refractivity contribution in [3.8, 4) is 78.9 Å². The number of fused-ring (bicyclic) bond motifs is 29. The standard InChI is InChI=1S/C95H55N5S3/c1-3-21-56(22-4-1)57-39-41-59(42-40-57)92-96-91(58-23-5-2-6-24-58)97-93(98-92)100-79-35-17-10-29-68(79)87-82(100)52-49-77-89(87)102-85-38-20-16-34-76(85)95(77)73-32-14-9-27-65(73)69-53-60(43-47-74(69)95)61-44-50-80-70(54-61)88-81(99(80)62-45-46-67-66-28-11-18-36-83(66)101-86(67)55-62)51-48-78-90(88)103-84-37-19-15-33-75(84)94(78)71-30-12-7-25-63(71)64-26-8-13-31-72(64)94/h1-55H. The van der Waals surface area contributed by atoms with Crippen LogP contribution in [0.15, 0.2) is 353 Å². The van der Waals surface area contributed by atoms with E-state index in [1.54, 1.807) is 0 Å². The van der Waals surface area contributed by atoms with Gasteiger partial charge in [0, 0.05) is 78.1 Å². The minimum atomic E-state index is -0.654. The predicted molar refractivity (Wildman–Crippen MR) is 426 cm³/mol. The van der Waals surface area contributed by atoms with Crippen molar-refractivity contribution in [2.75, 3.05) is 0 Å². The van der Waals surface area contributed by atoms with Crippen LogP contribution in [0.1, 0.15) is 44.5 Å². The molecule has 4 aliphatic rings. The van der Waals surface area contributed by atoms with Crippen molar-refractivity contribution in [2.45, 2.75) is 30.4 Å². The van der Waals surface area contributed by atoms with E-state index in [1.165, 1.54) is 145 Å². The molecule has 0 fully saturated rings. The second-order valence-corrected chi connectivity index (χ2v) is 30.7. The van der Waals surface area contributed by atoms with Crippen LogP contribution in [-0.2, 0) is 10.8 Å². The lowest BCUT2D eigenvalue weighted by Gasteiger charge is -2.40. The van der Waals surface area contributed by atoms with Crippen LogP contribution in [0.25, 0.3) is 143 Å². The van der Waals surface area contributed by atoms with Gasteiger partial charge in [-0.15, -0.1) is 11.3 Å². The van der Waals surface area contributed by atoms with Crippen LogP contribution in [0.4, 0.5) is 0 Å². The summed E-state index contributed by atoms with van der Waals surface area (Å²) < 4.78 is 7.41. The molecule has 23 rings (SSSR count). The zero-order chi connectivity index (χ0) is 67.2. The zero-order valence-electron chi connectivity index (χ0n) is 55.2. The SMILES string of the molecule is c1ccc(-c2ccc(-c3nc(-c4ccccc4)nc(-n4c5ccccc5c5c6c(ccc54)C4(c5ccccc5S6)c5ccccc5-c5cc(-c6ccc7c(c6)c6c8c(ccc6n7-c6ccc7c(c6)sc6ccccc67)C6(c7ccccc7S8)c7ccccc7-c7ccccc76)ccc54)n3)cc2)cc1. The molecular weight excluding hydrogens is 1310 g/mol. The largest absolute Gasteiger partial charge is 0.309 e. The van der Waals surface area contributed by atoms with Crippen LogP contribution in [0.5, 0.6) is 0 Å². The van der Waals surface area contributed by atoms with Gasteiger partial charge in [0.2, 0.25) is 5.95 Å².